The second-order valence-electron chi connectivity index (χ2n) is 4.07. The summed E-state index contributed by atoms with van der Waals surface area (Å²) in [4.78, 5) is 28.8. The fourth-order valence-corrected chi connectivity index (χ4v) is 2.64. The number of hydrogen-bond acceptors (Lipinski definition) is 3. The van der Waals surface area contributed by atoms with Gasteiger partial charge in [0.25, 0.3) is 0 Å². The van der Waals surface area contributed by atoms with E-state index in [1.54, 1.807) is 24.3 Å². The monoisotopic (exact) mass is 273 g/mol. The minimum atomic E-state index is -4.33. The predicted molar refractivity (Wildman–Crippen MR) is 65.1 cm³/mol. The van der Waals surface area contributed by atoms with Crippen LogP contribution in [-0.4, -0.2) is 33.0 Å². The molecule has 0 fully saturated rings. The lowest BCUT2D eigenvalue weighted by atomic mass is 10.1. The van der Waals surface area contributed by atoms with E-state index in [1.165, 1.54) is 0 Å². The molecule has 1 amide bonds. The maximum Gasteiger partial charge on any atom is 0.333 e. The molecule has 0 heterocycles. The average molecular weight is 273 g/mol. The van der Waals surface area contributed by atoms with E-state index in [0.29, 0.717) is 10.6 Å². The lowest BCUT2D eigenvalue weighted by molar-refractivity contribution is -0.149. The van der Waals surface area contributed by atoms with Crippen LogP contribution in [0.5, 0.6) is 0 Å². The second-order valence-corrected chi connectivity index (χ2v) is 5.87. The quantitative estimate of drug-likeness (QED) is 0.315. The van der Waals surface area contributed by atoms with Crippen LogP contribution in [-0.2, 0) is 9.36 Å². The molecule has 100 valence electrons. The fourth-order valence-electron chi connectivity index (χ4n) is 1.62. The summed E-state index contributed by atoms with van der Waals surface area (Å²) in [5.41, 5.74) is 0.459. The summed E-state index contributed by atoms with van der Waals surface area (Å²) in [6.07, 6.45) is 0.189. The van der Waals surface area contributed by atoms with Crippen molar-refractivity contribution in [3.63, 3.8) is 0 Å². The molecule has 1 aromatic rings. The second kappa shape index (κ2) is 6.11. The van der Waals surface area contributed by atoms with E-state index in [9.17, 15) is 19.1 Å². The van der Waals surface area contributed by atoms with Crippen LogP contribution in [0.3, 0.4) is 0 Å². The van der Waals surface area contributed by atoms with Crippen molar-refractivity contribution in [2.75, 3.05) is 6.54 Å². The molecule has 0 saturated heterocycles. The van der Waals surface area contributed by atoms with Gasteiger partial charge >= 0.3 is 7.60 Å². The number of carbonyl (C=O) groups is 1. The van der Waals surface area contributed by atoms with Gasteiger partial charge in [-0.1, -0.05) is 29.8 Å². The van der Waals surface area contributed by atoms with Crippen LogP contribution in [0.15, 0.2) is 24.3 Å². The van der Waals surface area contributed by atoms with E-state index in [1.807, 2.05) is 6.92 Å². The highest BCUT2D eigenvalue weighted by molar-refractivity contribution is 7.52. The minimum Gasteiger partial charge on any atom is -0.324 e. The first-order valence-corrected chi connectivity index (χ1v) is 7.05. The molecular formula is C11H16NO5P. The summed E-state index contributed by atoms with van der Waals surface area (Å²) in [5, 5.41) is 9.35. The number of nitrogens with zero attached hydrogens (tertiary/aromatic N) is 1. The predicted octanol–water partition coefficient (Wildman–Crippen LogP) is 1.45. The van der Waals surface area contributed by atoms with Crippen molar-refractivity contribution < 1.29 is 24.4 Å². The number of hydrogen-bond donors (Lipinski definition) is 3. The zero-order valence-corrected chi connectivity index (χ0v) is 10.8. The normalized spacial score (nSPS) is 13.1. The van der Waals surface area contributed by atoms with Gasteiger partial charge in [0.15, 0.2) is 0 Å². The van der Waals surface area contributed by atoms with Gasteiger partial charge in [-0.2, -0.15) is 0 Å². The highest BCUT2D eigenvalue weighted by Crippen LogP contribution is 2.53. The van der Waals surface area contributed by atoms with Crippen molar-refractivity contribution in [2.24, 2.45) is 0 Å². The van der Waals surface area contributed by atoms with Crippen LogP contribution in [0.25, 0.3) is 0 Å². The van der Waals surface area contributed by atoms with Gasteiger partial charge in [-0.15, -0.1) is 0 Å². The summed E-state index contributed by atoms with van der Waals surface area (Å²) < 4.78 is 11.4. The summed E-state index contributed by atoms with van der Waals surface area (Å²) in [7, 11) is -4.33. The largest absolute Gasteiger partial charge is 0.333 e. The van der Waals surface area contributed by atoms with E-state index in [-0.39, 0.29) is 19.4 Å². The summed E-state index contributed by atoms with van der Waals surface area (Å²) in [6.45, 7) is 1.74. The van der Waals surface area contributed by atoms with Crippen LogP contribution < -0.4 is 0 Å². The Balaban J connectivity index is 2.89. The molecule has 1 atom stereocenters. The molecule has 0 saturated carbocycles. The summed E-state index contributed by atoms with van der Waals surface area (Å²) >= 11 is 0. The first kappa shape index (κ1) is 14.9. The van der Waals surface area contributed by atoms with E-state index >= 15 is 0 Å². The van der Waals surface area contributed by atoms with E-state index in [2.05, 4.69) is 0 Å². The fraction of sp³-hybridized carbons (Fsp3) is 0.364. The topological polar surface area (TPSA) is 98.1 Å². The highest BCUT2D eigenvalue weighted by Gasteiger charge is 2.30. The zero-order valence-electron chi connectivity index (χ0n) is 9.93. The molecule has 3 N–H and O–H groups in total. The average Bonchev–Trinajstić information content (AvgIpc) is 2.29. The Labute approximate surface area is 105 Å². The Kier molecular flexibility index (Phi) is 5.04. The molecule has 0 aromatic heterocycles. The lowest BCUT2D eigenvalue weighted by Crippen LogP contribution is -2.20. The Morgan fingerprint density at radius 3 is 2.33 bits per heavy atom. The van der Waals surface area contributed by atoms with Gasteiger partial charge in [-0.3, -0.25) is 14.6 Å². The zero-order chi connectivity index (χ0) is 13.8. The van der Waals surface area contributed by atoms with Crippen LogP contribution in [0.4, 0.5) is 0 Å². The SMILES string of the molecule is Cc1ccc(C(CCN(O)C=O)P(=O)(O)O)cc1. The smallest absolute Gasteiger partial charge is 0.324 e. The number of carbonyl (C=O) groups excluding carboxylic acids is 1. The van der Waals surface area contributed by atoms with Gasteiger partial charge in [0.05, 0.1) is 5.66 Å². The van der Waals surface area contributed by atoms with Crippen molar-refractivity contribution in [1.82, 2.24) is 5.06 Å². The molecule has 0 radical (unpaired) electrons. The molecule has 0 spiro atoms. The van der Waals surface area contributed by atoms with Crippen molar-refractivity contribution >= 4 is 14.0 Å². The number of aryl methyl sites for hydroxylation is 1. The Hall–Kier alpha value is -1.20. The Bertz CT molecular complexity index is 441. The number of benzene rings is 1. The molecule has 0 bridgehead atoms. The van der Waals surface area contributed by atoms with Crippen LogP contribution in [0, 0.1) is 6.92 Å². The lowest BCUT2D eigenvalue weighted by Gasteiger charge is -2.20. The first-order chi connectivity index (χ1) is 8.34. The maximum atomic E-state index is 11.4. The molecule has 1 aromatic carbocycles. The highest BCUT2D eigenvalue weighted by atomic mass is 31.2. The van der Waals surface area contributed by atoms with Crippen molar-refractivity contribution in [3.8, 4) is 0 Å². The van der Waals surface area contributed by atoms with Crippen LogP contribution in [0.1, 0.15) is 23.2 Å². The van der Waals surface area contributed by atoms with Crippen LogP contribution in [0.2, 0.25) is 0 Å². The molecule has 1 rings (SSSR count). The van der Waals surface area contributed by atoms with Gasteiger partial charge < -0.3 is 9.79 Å². The number of amides is 1. The van der Waals surface area contributed by atoms with Crippen LogP contribution >= 0.6 is 7.60 Å². The molecule has 7 heteroatoms. The Morgan fingerprint density at radius 2 is 1.89 bits per heavy atom. The minimum absolute atomic E-state index is 0.0113. The molecule has 0 aliphatic heterocycles. The molecule has 1 unspecified atom stereocenters. The summed E-state index contributed by atoms with van der Waals surface area (Å²) in [5.74, 6) is 0. The third-order valence-electron chi connectivity index (χ3n) is 2.62. The maximum absolute atomic E-state index is 11.4. The standard InChI is InChI=1S/C11H16NO5P/c1-9-2-4-10(5-3-9)11(18(15,16)17)6-7-12(14)8-13/h2-5,8,11,14H,6-7H2,1H3,(H2,15,16,17). The van der Waals surface area contributed by atoms with Crippen molar-refractivity contribution in [2.45, 2.75) is 19.0 Å². The summed E-state index contributed by atoms with van der Waals surface area (Å²) in [6, 6.07) is 6.80. The first-order valence-electron chi connectivity index (χ1n) is 5.37. The number of hydroxylamine groups is 2. The van der Waals surface area contributed by atoms with Gasteiger partial charge in [0.1, 0.15) is 0 Å². The molecular weight excluding hydrogens is 257 g/mol. The van der Waals surface area contributed by atoms with E-state index in [4.69, 9.17) is 5.21 Å². The van der Waals surface area contributed by atoms with Gasteiger partial charge in [0, 0.05) is 6.54 Å². The van der Waals surface area contributed by atoms with Crippen molar-refractivity contribution in [1.29, 1.82) is 0 Å². The van der Waals surface area contributed by atoms with Gasteiger partial charge in [0.2, 0.25) is 6.41 Å². The van der Waals surface area contributed by atoms with Gasteiger partial charge in [-0.05, 0) is 18.9 Å². The molecule has 0 aliphatic carbocycles. The molecule has 18 heavy (non-hydrogen) atoms. The van der Waals surface area contributed by atoms with Gasteiger partial charge in [-0.25, -0.2) is 5.06 Å². The number of rotatable bonds is 6. The van der Waals surface area contributed by atoms with Crippen molar-refractivity contribution in [3.05, 3.63) is 35.4 Å². The van der Waals surface area contributed by atoms with E-state index in [0.717, 1.165) is 5.56 Å². The third-order valence-corrected chi connectivity index (χ3v) is 3.99. The Morgan fingerprint density at radius 1 is 1.33 bits per heavy atom. The molecule has 0 aliphatic rings. The molecule has 6 nitrogen and oxygen atoms in total. The third kappa shape index (κ3) is 4.23. The van der Waals surface area contributed by atoms with E-state index < -0.39 is 13.3 Å².